The van der Waals surface area contributed by atoms with Gasteiger partial charge in [-0.25, -0.2) is 9.37 Å². The van der Waals surface area contributed by atoms with Gasteiger partial charge in [-0.15, -0.1) is 0 Å². The van der Waals surface area contributed by atoms with Gasteiger partial charge in [0.25, 0.3) is 5.91 Å². The zero-order valence-electron chi connectivity index (χ0n) is 15.5. The summed E-state index contributed by atoms with van der Waals surface area (Å²) in [6, 6.07) is 12.8. The van der Waals surface area contributed by atoms with Crippen LogP contribution in [0.25, 0.3) is 22.4 Å². The lowest BCUT2D eigenvalue weighted by molar-refractivity contribution is -0.115. The fourth-order valence-corrected chi connectivity index (χ4v) is 2.91. The van der Waals surface area contributed by atoms with Crippen molar-refractivity contribution in [1.29, 1.82) is 0 Å². The van der Waals surface area contributed by atoms with Crippen LogP contribution in [0.1, 0.15) is 16.1 Å². The number of nitrogens with one attached hydrogen (secondary N) is 3. The Hall–Kier alpha value is -3.94. The highest BCUT2D eigenvalue weighted by molar-refractivity contribution is 6.00. The van der Waals surface area contributed by atoms with E-state index in [0.29, 0.717) is 28.4 Å². The van der Waals surface area contributed by atoms with Gasteiger partial charge in [0.2, 0.25) is 5.91 Å². The maximum atomic E-state index is 13.1. The van der Waals surface area contributed by atoms with Crippen LogP contribution in [0, 0.1) is 12.7 Å². The van der Waals surface area contributed by atoms with Gasteiger partial charge in [-0.1, -0.05) is 0 Å². The molecule has 146 valence electrons. The summed E-state index contributed by atoms with van der Waals surface area (Å²) in [7, 11) is 0. The summed E-state index contributed by atoms with van der Waals surface area (Å²) in [6.45, 7) is 1.50. The minimum Gasteiger partial charge on any atom is -0.469 e. The number of halogens is 1. The molecule has 3 N–H and O–H groups in total. The number of fused-ring (bicyclic) bond motifs is 1. The zero-order valence-corrected chi connectivity index (χ0v) is 15.5. The van der Waals surface area contributed by atoms with Crippen molar-refractivity contribution < 1.29 is 18.4 Å². The lowest BCUT2D eigenvalue weighted by atomic mass is 10.2. The zero-order chi connectivity index (χ0) is 20.4. The number of aromatic nitrogens is 2. The van der Waals surface area contributed by atoms with Crippen molar-refractivity contribution >= 4 is 28.5 Å². The SMILES string of the molecule is Cc1occc1C(=O)NCC(=O)Nc1ccc2nc(-c3ccc(F)cc3)[nH]c2c1. The lowest BCUT2D eigenvalue weighted by Crippen LogP contribution is -2.32. The summed E-state index contributed by atoms with van der Waals surface area (Å²) in [5, 5.41) is 5.28. The van der Waals surface area contributed by atoms with Crippen LogP contribution in [0.3, 0.4) is 0 Å². The molecular weight excluding hydrogens is 375 g/mol. The van der Waals surface area contributed by atoms with Crippen LogP contribution in [0.5, 0.6) is 0 Å². The van der Waals surface area contributed by atoms with Gasteiger partial charge < -0.3 is 20.0 Å². The first-order valence-corrected chi connectivity index (χ1v) is 8.87. The molecule has 0 aliphatic heterocycles. The van der Waals surface area contributed by atoms with Crippen LogP contribution in [0.2, 0.25) is 0 Å². The van der Waals surface area contributed by atoms with Crippen LogP contribution in [-0.4, -0.2) is 28.3 Å². The molecule has 0 aliphatic carbocycles. The number of nitrogens with zero attached hydrogens (tertiary/aromatic N) is 1. The van der Waals surface area contributed by atoms with Crippen molar-refractivity contribution in [3.63, 3.8) is 0 Å². The van der Waals surface area contributed by atoms with E-state index < -0.39 is 0 Å². The number of hydrogen-bond acceptors (Lipinski definition) is 4. The van der Waals surface area contributed by atoms with Crippen LogP contribution < -0.4 is 10.6 Å². The number of carbonyl (C=O) groups is 2. The Morgan fingerprint density at radius 1 is 1.14 bits per heavy atom. The number of H-pyrrole nitrogens is 1. The van der Waals surface area contributed by atoms with Gasteiger partial charge in [-0.05, 0) is 55.5 Å². The number of aromatic amines is 1. The van der Waals surface area contributed by atoms with E-state index in [0.717, 1.165) is 11.1 Å². The first-order chi connectivity index (χ1) is 14.0. The number of anilines is 1. The van der Waals surface area contributed by atoms with E-state index in [1.165, 1.54) is 18.4 Å². The largest absolute Gasteiger partial charge is 0.469 e. The molecule has 4 rings (SSSR count). The molecule has 2 amide bonds. The molecule has 2 heterocycles. The minimum absolute atomic E-state index is 0.175. The maximum Gasteiger partial charge on any atom is 0.255 e. The van der Waals surface area contributed by atoms with Gasteiger partial charge in [-0.2, -0.15) is 0 Å². The molecule has 0 saturated heterocycles. The highest BCUT2D eigenvalue weighted by atomic mass is 19.1. The summed E-state index contributed by atoms with van der Waals surface area (Å²) >= 11 is 0. The van der Waals surface area contributed by atoms with E-state index >= 15 is 0 Å². The van der Waals surface area contributed by atoms with Gasteiger partial charge in [0.15, 0.2) is 0 Å². The number of hydrogen-bond donors (Lipinski definition) is 3. The standard InChI is InChI=1S/C21H17FN4O3/c1-12-16(8-9-29-12)21(28)23-11-19(27)24-15-6-7-17-18(10-15)26-20(25-17)13-2-4-14(22)5-3-13/h2-10H,11H2,1H3,(H,23,28)(H,24,27)(H,25,26). The van der Waals surface area contributed by atoms with E-state index in [1.807, 2.05) is 0 Å². The molecule has 7 nitrogen and oxygen atoms in total. The number of aryl methyl sites for hydroxylation is 1. The van der Waals surface area contributed by atoms with Crippen molar-refractivity contribution in [1.82, 2.24) is 15.3 Å². The van der Waals surface area contributed by atoms with Crippen molar-refractivity contribution in [2.75, 3.05) is 11.9 Å². The summed E-state index contributed by atoms with van der Waals surface area (Å²) in [5.41, 5.74) is 3.15. The Morgan fingerprint density at radius 2 is 1.93 bits per heavy atom. The Bertz CT molecular complexity index is 1190. The number of imidazole rings is 1. The minimum atomic E-state index is -0.376. The number of amides is 2. The van der Waals surface area contributed by atoms with Crippen LogP contribution in [0.4, 0.5) is 10.1 Å². The van der Waals surface area contributed by atoms with E-state index in [4.69, 9.17) is 4.42 Å². The number of rotatable bonds is 5. The summed E-state index contributed by atoms with van der Waals surface area (Å²) in [4.78, 5) is 31.8. The molecule has 0 atom stereocenters. The average molecular weight is 392 g/mol. The van der Waals surface area contributed by atoms with E-state index in [2.05, 4.69) is 20.6 Å². The summed E-state index contributed by atoms with van der Waals surface area (Å²) in [6.07, 6.45) is 1.42. The quantitative estimate of drug-likeness (QED) is 0.483. The predicted octanol–water partition coefficient (Wildman–Crippen LogP) is 3.64. The van der Waals surface area contributed by atoms with Crippen molar-refractivity contribution in [2.45, 2.75) is 6.92 Å². The Kier molecular flexibility index (Phi) is 4.82. The maximum absolute atomic E-state index is 13.1. The third kappa shape index (κ3) is 4.01. The Labute approximate surface area is 164 Å². The highest BCUT2D eigenvalue weighted by Crippen LogP contribution is 2.23. The van der Waals surface area contributed by atoms with Crippen molar-refractivity contribution in [3.8, 4) is 11.4 Å². The van der Waals surface area contributed by atoms with Crippen LogP contribution in [0.15, 0.2) is 59.2 Å². The lowest BCUT2D eigenvalue weighted by Gasteiger charge is -2.06. The summed E-state index contributed by atoms with van der Waals surface area (Å²) in [5.74, 6) is 0.0390. The second-order valence-corrected chi connectivity index (χ2v) is 6.45. The number of furan rings is 1. The fourth-order valence-electron chi connectivity index (χ4n) is 2.91. The van der Waals surface area contributed by atoms with Gasteiger partial charge in [-0.3, -0.25) is 9.59 Å². The van der Waals surface area contributed by atoms with E-state index in [9.17, 15) is 14.0 Å². The smallest absolute Gasteiger partial charge is 0.255 e. The first-order valence-electron chi connectivity index (χ1n) is 8.87. The molecule has 0 bridgehead atoms. The molecule has 4 aromatic rings. The average Bonchev–Trinajstić information content (AvgIpc) is 3.32. The Balaban J connectivity index is 1.42. The second-order valence-electron chi connectivity index (χ2n) is 6.45. The molecule has 0 spiro atoms. The molecule has 29 heavy (non-hydrogen) atoms. The fraction of sp³-hybridized carbons (Fsp3) is 0.0952. The molecule has 0 radical (unpaired) electrons. The van der Waals surface area contributed by atoms with Crippen molar-refractivity contribution in [3.05, 3.63) is 71.9 Å². The number of carbonyl (C=O) groups excluding carboxylic acids is 2. The number of benzene rings is 2. The van der Waals surface area contributed by atoms with Crippen LogP contribution >= 0.6 is 0 Å². The predicted molar refractivity (Wildman–Crippen MR) is 106 cm³/mol. The summed E-state index contributed by atoms with van der Waals surface area (Å²) < 4.78 is 18.2. The monoisotopic (exact) mass is 392 g/mol. The molecule has 0 unspecified atom stereocenters. The van der Waals surface area contributed by atoms with E-state index in [1.54, 1.807) is 43.3 Å². The third-order valence-electron chi connectivity index (χ3n) is 4.40. The molecule has 8 heteroatoms. The second kappa shape index (κ2) is 7.59. The van der Waals surface area contributed by atoms with Gasteiger partial charge in [0.05, 0.1) is 29.4 Å². The topological polar surface area (TPSA) is 100 Å². The Morgan fingerprint density at radius 3 is 2.66 bits per heavy atom. The normalized spacial score (nSPS) is 10.8. The molecule has 0 fully saturated rings. The molecular formula is C21H17FN4O3. The van der Waals surface area contributed by atoms with Gasteiger partial charge >= 0.3 is 0 Å². The molecule has 2 aromatic carbocycles. The van der Waals surface area contributed by atoms with Crippen molar-refractivity contribution in [2.24, 2.45) is 0 Å². The molecule has 2 aromatic heterocycles. The molecule has 0 aliphatic rings. The first kappa shape index (κ1) is 18.4. The van der Waals surface area contributed by atoms with Gasteiger partial charge in [0.1, 0.15) is 17.4 Å². The van der Waals surface area contributed by atoms with Crippen LogP contribution in [-0.2, 0) is 4.79 Å². The van der Waals surface area contributed by atoms with E-state index in [-0.39, 0.29) is 24.2 Å². The van der Waals surface area contributed by atoms with Gasteiger partial charge in [0, 0.05) is 11.3 Å². The highest BCUT2D eigenvalue weighted by Gasteiger charge is 2.13. The molecule has 0 saturated carbocycles. The third-order valence-corrected chi connectivity index (χ3v) is 4.40.